The van der Waals surface area contributed by atoms with E-state index in [4.69, 9.17) is 4.84 Å². The minimum atomic E-state index is 0.0575. The van der Waals surface area contributed by atoms with Gasteiger partial charge < -0.3 is 0 Å². The predicted molar refractivity (Wildman–Crippen MR) is 43.9 cm³/mol. The third-order valence-electron chi connectivity index (χ3n) is 2.73. The molecule has 1 saturated carbocycles. The van der Waals surface area contributed by atoms with Crippen LogP contribution in [0.2, 0.25) is 0 Å². The maximum absolute atomic E-state index is 5.48. The summed E-state index contributed by atoms with van der Waals surface area (Å²) in [6.45, 7) is 4.28. The van der Waals surface area contributed by atoms with E-state index in [-0.39, 0.29) is 5.72 Å². The molecule has 1 aliphatic carbocycles. The molecule has 2 aliphatic rings. The third-order valence-corrected chi connectivity index (χ3v) is 2.73. The molecule has 0 aromatic carbocycles. The zero-order valence-corrected chi connectivity index (χ0v) is 7.47. The molecular formula is C9H17NO. The second-order valence-corrected chi connectivity index (χ2v) is 4.16. The lowest BCUT2D eigenvalue weighted by atomic mass is 9.95. The van der Waals surface area contributed by atoms with Crippen molar-refractivity contribution < 1.29 is 4.84 Å². The summed E-state index contributed by atoms with van der Waals surface area (Å²) >= 11 is 0. The van der Waals surface area contributed by atoms with Crippen LogP contribution in [0, 0.1) is 0 Å². The van der Waals surface area contributed by atoms with Crippen molar-refractivity contribution in [3.63, 3.8) is 0 Å². The van der Waals surface area contributed by atoms with Crippen molar-refractivity contribution in [1.29, 1.82) is 0 Å². The highest BCUT2D eigenvalue weighted by molar-refractivity contribution is 4.85. The summed E-state index contributed by atoms with van der Waals surface area (Å²) in [6, 6.07) is 0.721. The standard InChI is InChI=1S/C9H17NO/c1-9(2)10(11-9)8-6-4-3-5-7-8/h8H,3-7H2,1-2H3. The fraction of sp³-hybridized carbons (Fsp3) is 1.00. The van der Waals surface area contributed by atoms with Crippen LogP contribution in [0.1, 0.15) is 46.0 Å². The molecule has 1 unspecified atom stereocenters. The van der Waals surface area contributed by atoms with Crippen molar-refractivity contribution in [3.8, 4) is 0 Å². The van der Waals surface area contributed by atoms with Crippen LogP contribution in [0.15, 0.2) is 0 Å². The second kappa shape index (κ2) is 2.46. The van der Waals surface area contributed by atoms with Gasteiger partial charge in [-0.3, -0.25) is 4.84 Å². The topological polar surface area (TPSA) is 15.5 Å². The Morgan fingerprint density at radius 2 is 1.73 bits per heavy atom. The van der Waals surface area contributed by atoms with Gasteiger partial charge in [-0.1, -0.05) is 19.3 Å². The Morgan fingerprint density at radius 1 is 1.18 bits per heavy atom. The number of rotatable bonds is 1. The lowest BCUT2D eigenvalue weighted by Crippen LogP contribution is -2.25. The number of nitrogens with zero attached hydrogens (tertiary/aromatic N) is 1. The molecule has 2 rings (SSSR count). The van der Waals surface area contributed by atoms with Crippen molar-refractivity contribution in [2.24, 2.45) is 0 Å². The first-order valence-corrected chi connectivity index (χ1v) is 4.69. The van der Waals surface area contributed by atoms with Crippen LogP contribution in [0.5, 0.6) is 0 Å². The smallest absolute Gasteiger partial charge is 0.159 e. The highest BCUT2D eigenvalue weighted by Gasteiger charge is 2.50. The van der Waals surface area contributed by atoms with Crippen molar-refractivity contribution >= 4 is 0 Å². The van der Waals surface area contributed by atoms with E-state index in [0.717, 1.165) is 6.04 Å². The molecule has 0 bridgehead atoms. The third kappa shape index (κ3) is 1.42. The lowest BCUT2D eigenvalue weighted by Gasteiger charge is -2.21. The van der Waals surface area contributed by atoms with Gasteiger partial charge in [0.15, 0.2) is 5.72 Å². The van der Waals surface area contributed by atoms with Crippen LogP contribution in [0.3, 0.4) is 0 Å². The minimum absolute atomic E-state index is 0.0575. The van der Waals surface area contributed by atoms with Gasteiger partial charge in [-0.05, 0) is 26.7 Å². The lowest BCUT2D eigenvalue weighted by molar-refractivity contribution is 0.119. The molecule has 11 heavy (non-hydrogen) atoms. The van der Waals surface area contributed by atoms with Crippen molar-refractivity contribution in [1.82, 2.24) is 5.06 Å². The summed E-state index contributed by atoms with van der Waals surface area (Å²) < 4.78 is 0. The van der Waals surface area contributed by atoms with Crippen LogP contribution in [0.4, 0.5) is 0 Å². The first-order valence-electron chi connectivity index (χ1n) is 4.69. The minimum Gasteiger partial charge on any atom is -0.272 e. The van der Waals surface area contributed by atoms with E-state index in [2.05, 4.69) is 18.9 Å². The molecular weight excluding hydrogens is 138 g/mol. The normalized spacial score (nSPS) is 37.1. The number of hydrogen-bond donors (Lipinski definition) is 0. The Balaban J connectivity index is 1.86. The van der Waals surface area contributed by atoms with Crippen molar-refractivity contribution in [2.45, 2.75) is 57.7 Å². The molecule has 0 spiro atoms. The summed E-state index contributed by atoms with van der Waals surface area (Å²) in [5.41, 5.74) is 0.0575. The molecule has 0 aromatic rings. The maximum atomic E-state index is 5.48. The van der Waals surface area contributed by atoms with Crippen LogP contribution in [-0.4, -0.2) is 16.8 Å². The summed E-state index contributed by atoms with van der Waals surface area (Å²) in [6.07, 6.45) is 6.87. The second-order valence-electron chi connectivity index (χ2n) is 4.16. The van der Waals surface area contributed by atoms with E-state index in [9.17, 15) is 0 Å². The van der Waals surface area contributed by atoms with Crippen LogP contribution in [-0.2, 0) is 4.84 Å². The van der Waals surface area contributed by atoms with Gasteiger partial charge in [-0.15, -0.1) is 0 Å². The summed E-state index contributed by atoms with van der Waals surface area (Å²) in [7, 11) is 0. The number of hydroxylamine groups is 2. The van der Waals surface area contributed by atoms with E-state index in [1.807, 2.05) is 0 Å². The van der Waals surface area contributed by atoms with Gasteiger partial charge in [-0.25, -0.2) is 0 Å². The summed E-state index contributed by atoms with van der Waals surface area (Å²) in [4.78, 5) is 5.48. The summed E-state index contributed by atoms with van der Waals surface area (Å²) in [5, 5.41) is 2.17. The largest absolute Gasteiger partial charge is 0.272 e. The highest BCUT2D eigenvalue weighted by atomic mass is 16.9. The van der Waals surface area contributed by atoms with E-state index in [0.29, 0.717) is 0 Å². The molecule has 0 aromatic heterocycles. The van der Waals surface area contributed by atoms with Gasteiger partial charge in [0.1, 0.15) is 0 Å². The monoisotopic (exact) mass is 155 g/mol. The van der Waals surface area contributed by atoms with Crippen LogP contribution >= 0.6 is 0 Å². The highest BCUT2D eigenvalue weighted by Crippen LogP contribution is 2.40. The molecule has 0 N–H and O–H groups in total. The zero-order valence-electron chi connectivity index (χ0n) is 7.47. The molecule has 1 saturated heterocycles. The van der Waals surface area contributed by atoms with E-state index in [1.165, 1.54) is 32.1 Å². The molecule has 0 amide bonds. The van der Waals surface area contributed by atoms with E-state index >= 15 is 0 Å². The molecule has 1 heterocycles. The quantitative estimate of drug-likeness (QED) is 0.540. The fourth-order valence-electron chi connectivity index (χ4n) is 2.05. The van der Waals surface area contributed by atoms with E-state index in [1.54, 1.807) is 0 Å². The first kappa shape index (κ1) is 7.56. The number of hydrogen-bond acceptors (Lipinski definition) is 2. The predicted octanol–water partition coefficient (Wildman–Crippen LogP) is 2.30. The van der Waals surface area contributed by atoms with Crippen LogP contribution in [0.25, 0.3) is 0 Å². The summed E-state index contributed by atoms with van der Waals surface area (Å²) in [5.74, 6) is 0. The molecule has 2 heteroatoms. The first-order chi connectivity index (χ1) is 5.20. The Morgan fingerprint density at radius 3 is 2.18 bits per heavy atom. The molecule has 2 fully saturated rings. The Labute approximate surface area is 68.5 Å². The van der Waals surface area contributed by atoms with Gasteiger partial charge in [0.05, 0.1) is 0 Å². The van der Waals surface area contributed by atoms with Crippen LogP contribution < -0.4 is 0 Å². The van der Waals surface area contributed by atoms with Gasteiger partial charge >= 0.3 is 0 Å². The van der Waals surface area contributed by atoms with Crippen molar-refractivity contribution in [3.05, 3.63) is 0 Å². The SMILES string of the molecule is CC1(C)ON1C1CCCCC1. The zero-order chi connectivity index (χ0) is 7.90. The molecule has 64 valence electrons. The fourth-order valence-corrected chi connectivity index (χ4v) is 2.05. The van der Waals surface area contributed by atoms with Gasteiger partial charge in [0.2, 0.25) is 0 Å². The average molecular weight is 155 g/mol. The average Bonchev–Trinajstić information content (AvgIpc) is 2.62. The van der Waals surface area contributed by atoms with Gasteiger partial charge in [0, 0.05) is 6.04 Å². The molecule has 0 radical (unpaired) electrons. The van der Waals surface area contributed by atoms with Gasteiger partial charge in [-0.2, -0.15) is 5.06 Å². The molecule has 1 aliphatic heterocycles. The van der Waals surface area contributed by atoms with Gasteiger partial charge in [0.25, 0.3) is 0 Å². The Hall–Kier alpha value is -0.0800. The Bertz CT molecular complexity index is 150. The Kier molecular flexibility index (Phi) is 1.69. The van der Waals surface area contributed by atoms with Crippen molar-refractivity contribution in [2.75, 3.05) is 0 Å². The maximum Gasteiger partial charge on any atom is 0.159 e. The molecule has 1 atom stereocenters. The van der Waals surface area contributed by atoms with E-state index < -0.39 is 0 Å². The molecule has 2 nitrogen and oxygen atoms in total.